The maximum Gasteiger partial charge on any atom is 0.254 e. The van der Waals surface area contributed by atoms with Crippen LogP contribution in [-0.4, -0.2) is 44.1 Å². The monoisotopic (exact) mass is 338 g/mol. The molecule has 0 aromatic heterocycles. The highest BCUT2D eigenvalue weighted by atomic mass is 16.5. The van der Waals surface area contributed by atoms with E-state index in [4.69, 9.17) is 4.74 Å². The number of piperazine rings is 1. The summed E-state index contributed by atoms with van der Waals surface area (Å²) in [5.41, 5.74) is 5.48. The first-order valence-electron chi connectivity index (χ1n) is 8.75. The van der Waals surface area contributed by atoms with Crippen molar-refractivity contribution in [3.05, 3.63) is 58.7 Å². The fourth-order valence-corrected chi connectivity index (χ4v) is 3.32. The van der Waals surface area contributed by atoms with E-state index in [2.05, 4.69) is 36.9 Å². The van der Waals surface area contributed by atoms with Gasteiger partial charge in [-0.25, -0.2) is 0 Å². The number of carbonyl (C=O) groups is 1. The van der Waals surface area contributed by atoms with Gasteiger partial charge in [0.25, 0.3) is 5.91 Å². The van der Waals surface area contributed by atoms with E-state index in [1.165, 1.54) is 16.8 Å². The molecule has 1 aliphatic heterocycles. The van der Waals surface area contributed by atoms with Gasteiger partial charge >= 0.3 is 0 Å². The summed E-state index contributed by atoms with van der Waals surface area (Å²) in [5, 5.41) is 0. The van der Waals surface area contributed by atoms with E-state index in [-0.39, 0.29) is 5.91 Å². The summed E-state index contributed by atoms with van der Waals surface area (Å²) in [6.07, 6.45) is 0. The van der Waals surface area contributed by atoms with Gasteiger partial charge in [-0.3, -0.25) is 4.79 Å². The van der Waals surface area contributed by atoms with E-state index in [0.717, 1.165) is 43.1 Å². The van der Waals surface area contributed by atoms with Gasteiger partial charge in [-0.05, 0) is 67.8 Å². The molecule has 0 atom stereocenters. The van der Waals surface area contributed by atoms with Gasteiger partial charge in [0.15, 0.2) is 0 Å². The van der Waals surface area contributed by atoms with Crippen LogP contribution in [0, 0.1) is 20.8 Å². The molecule has 1 fully saturated rings. The van der Waals surface area contributed by atoms with E-state index in [1.54, 1.807) is 7.11 Å². The van der Waals surface area contributed by atoms with Gasteiger partial charge in [0.2, 0.25) is 0 Å². The molecule has 4 heteroatoms. The quantitative estimate of drug-likeness (QED) is 0.857. The Labute approximate surface area is 150 Å². The molecule has 3 rings (SSSR count). The largest absolute Gasteiger partial charge is 0.497 e. The van der Waals surface area contributed by atoms with Crippen molar-refractivity contribution in [2.24, 2.45) is 0 Å². The molecule has 0 bridgehead atoms. The Kier molecular flexibility index (Phi) is 4.98. The first kappa shape index (κ1) is 17.3. The highest BCUT2D eigenvalue weighted by molar-refractivity contribution is 5.96. The first-order chi connectivity index (χ1) is 12.0. The Morgan fingerprint density at radius 3 is 2.08 bits per heavy atom. The van der Waals surface area contributed by atoms with Crippen LogP contribution < -0.4 is 9.64 Å². The molecular weight excluding hydrogens is 312 g/mol. The van der Waals surface area contributed by atoms with Gasteiger partial charge in [-0.2, -0.15) is 0 Å². The maximum absolute atomic E-state index is 12.9. The predicted molar refractivity (Wildman–Crippen MR) is 102 cm³/mol. The number of aryl methyl sites for hydroxylation is 3. The van der Waals surface area contributed by atoms with Crippen LogP contribution in [0.2, 0.25) is 0 Å². The summed E-state index contributed by atoms with van der Waals surface area (Å²) in [6.45, 7) is 9.36. The van der Waals surface area contributed by atoms with Crippen LogP contribution in [0.4, 0.5) is 5.69 Å². The van der Waals surface area contributed by atoms with Crippen LogP contribution in [0.1, 0.15) is 27.0 Å². The summed E-state index contributed by atoms with van der Waals surface area (Å²) < 4.78 is 5.21. The summed E-state index contributed by atoms with van der Waals surface area (Å²) >= 11 is 0. The molecule has 25 heavy (non-hydrogen) atoms. The number of amides is 1. The minimum absolute atomic E-state index is 0.148. The van der Waals surface area contributed by atoms with E-state index in [9.17, 15) is 4.79 Å². The Bertz CT molecular complexity index is 760. The van der Waals surface area contributed by atoms with E-state index in [0.29, 0.717) is 0 Å². The molecule has 0 saturated carbocycles. The lowest BCUT2D eigenvalue weighted by Crippen LogP contribution is -2.49. The fraction of sp³-hybridized carbons (Fsp3) is 0.381. The molecule has 2 aromatic rings. The number of carbonyl (C=O) groups excluding carboxylic acids is 1. The zero-order valence-corrected chi connectivity index (χ0v) is 15.5. The fourth-order valence-electron chi connectivity index (χ4n) is 3.32. The van der Waals surface area contributed by atoms with Gasteiger partial charge in [-0.1, -0.05) is 6.07 Å². The molecule has 0 N–H and O–H groups in total. The molecule has 1 amide bonds. The second kappa shape index (κ2) is 7.18. The Morgan fingerprint density at radius 2 is 1.48 bits per heavy atom. The van der Waals surface area contributed by atoms with Crippen molar-refractivity contribution in [1.29, 1.82) is 0 Å². The van der Waals surface area contributed by atoms with E-state index < -0.39 is 0 Å². The van der Waals surface area contributed by atoms with Crippen LogP contribution in [0.15, 0.2) is 36.4 Å². The Balaban J connectivity index is 1.67. The maximum atomic E-state index is 12.9. The number of methoxy groups -OCH3 is 1. The number of rotatable bonds is 3. The molecular formula is C21H26N2O2. The van der Waals surface area contributed by atoms with Crippen LogP contribution in [-0.2, 0) is 0 Å². The average molecular weight is 338 g/mol. The SMILES string of the molecule is COc1ccc(N2CCN(C(=O)c3cc(C)c(C)cc3C)CC2)cc1. The number of benzene rings is 2. The van der Waals surface area contributed by atoms with Gasteiger partial charge in [-0.15, -0.1) is 0 Å². The zero-order valence-electron chi connectivity index (χ0n) is 15.5. The van der Waals surface area contributed by atoms with Crippen molar-refractivity contribution in [2.75, 3.05) is 38.2 Å². The number of anilines is 1. The predicted octanol–water partition coefficient (Wildman–Crippen LogP) is 3.58. The van der Waals surface area contributed by atoms with Gasteiger partial charge in [0, 0.05) is 37.4 Å². The molecule has 0 aliphatic carbocycles. The smallest absolute Gasteiger partial charge is 0.254 e. The van der Waals surface area contributed by atoms with Crippen molar-refractivity contribution in [2.45, 2.75) is 20.8 Å². The lowest BCUT2D eigenvalue weighted by atomic mass is 10.00. The van der Waals surface area contributed by atoms with Crippen LogP contribution in [0.3, 0.4) is 0 Å². The zero-order chi connectivity index (χ0) is 18.0. The second-order valence-electron chi connectivity index (χ2n) is 6.73. The normalized spacial score (nSPS) is 14.6. The topological polar surface area (TPSA) is 32.8 Å². The molecule has 0 unspecified atom stereocenters. The summed E-state index contributed by atoms with van der Waals surface area (Å²) in [6, 6.07) is 12.2. The number of ether oxygens (including phenoxy) is 1. The number of nitrogens with zero attached hydrogens (tertiary/aromatic N) is 2. The van der Waals surface area contributed by atoms with Gasteiger partial charge in [0.05, 0.1) is 7.11 Å². The number of hydrogen-bond acceptors (Lipinski definition) is 3. The molecule has 132 valence electrons. The van der Waals surface area contributed by atoms with Crippen LogP contribution in [0.25, 0.3) is 0 Å². The van der Waals surface area contributed by atoms with E-state index in [1.807, 2.05) is 30.0 Å². The Morgan fingerprint density at radius 1 is 0.880 bits per heavy atom. The first-order valence-corrected chi connectivity index (χ1v) is 8.75. The molecule has 2 aromatic carbocycles. The summed E-state index contributed by atoms with van der Waals surface area (Å²) in [4.78, 5) is 17.2. The Hall–Kier alpha value is -2.49. The lowest BCUT2D eigenvalue weighted by Gasteiger charge is -2.36. The second-order valence-corrected chi connectivity index (χ2v) is 6.73. The number of hydrogen-bond donors (Lipinski definition) is 0. The molecule has 1 saturated heterocycles. The highest BCUT2D eigenvalue weighted by Crippen LogP contribution is 2.22. The minimum Gasteiger partial charge on any atom is -0.497 e. The summed E-state index contributed by atoms with van der Waals surface area (Å²) in [7, 11) is 1.67. The third-order valence-corrected chi connectivity index (χ3v) is 5.08. The van der Waals surface area contributed by atoms with Crippen molar-refractivity contribution >= 4 is 11.6 Å². The molecule has 1 aliphatic rings. The molecule has 0 radical (unpaired) electrons. The van der Waals surface area contributed by atoms with Gasteiger partial charge < -0.3 is 14.5 Å². The van der Waals surface area contributed by atoms with E-state index >= 15 is 0 Å². The molecule has 0 spiro atoms. The molecule has 4 nitrogen and oxygen atoms in total. The highest BCUT2D eigenvalue weighted by Gasteiger charge is 2.23. The van der Waals surface area contributed by atoms with Crippen LogP contribution in [0.5, 0.6) is 5.75 Å². The lowest BCUT2D eigenvalue weighted by molar-refractivity contribution is 0.0746. The third kappa shape index (κ3) is 3.63. The van der Waals surface area contributed by atoms with Crippen molar-refractivity contribution in [3.63, 3.8) is 0 Å². The van der Waals surface area contributed by atoms with Crippen molar-refractivity contribution in [1.82, 2.24) is 4.90 Å². The average Bonchev–Trinajstić information content (AvgIpc) is 2.64. The van der Waals surface area contributed by atoms with Crippen molar-refractivity contribution in [3.8, 4) is 5.75 Å². The standard InChI is InChI=1S/C21H26N2O2/c1-15-13-17(3)20(14-16(15)2)21(24)23-11-9-22(10-12-23)18-5-7-19(25-4)8-6-18/h5-8,13-14H,9-12H2,1-4H3. The molecule has 1 heterocycles. The van der Waals surface area contributed by atoms with Crippen LogP contribution >= 0.6 is 0 Å². The minimum atomic E-state index is 0.148. The third-order valence-electron chi connectivity index (χ3n) is 5.08. The van der Waals surface area contributed by atoms with Gasteiger partial charge in [0.1, 0.15) is 5.75 Å². The van der Waals surface area contributed by atoms with Crippen molar-refractivity contribution < 1.29 is 9.53 Å². The summed E-state index contributed by atoms with van der Waals surface area (Å²) in [5.74, 6) is 1.01.